The molecule has 2 N–H and O–H groups in total. The Hall–Kier alpha value is -1.75. The fourth-order valence-corrected chi connectivity index (χ4v) is 1.56. The number of carbonyl (C=O) groups excluding carboxylic acids is 1. The van der Waals surface area contributed by atoms with Crippen LogP contribution >= 0.6 is 0 Å². The summed E-state index contributed by atoms with van der Waals surface area (Å²) in [7, 11) is 0. The van der Waals surface area contributed by atoms with Gasteiger partial charge in [0.2, 0.25) is 0 Å². The molecule has 5 nitrogen and oxygen atoms in total. The fraction of sp³-hybridized carbons (Fsp3) is 0.417. The van der Waals surface area contributed by atoms with E-state index in [1.807, 2.05) is 0 Å². The summed E-state index contributed by atoms with van der Waals surface area (Å²) in [5.41, 5.74) is 0.839. The van der Waals surface area contributed by atoms with Crippen LogP contribution in [0.25, 0.3) is 0 Å². The number of alkyl carbamates (subject to hydrolysis) is 1. The average Bonchev–Trinajstić information content (AvgIpc) is 2.73. The third kappa shape index (κ3) is 3.10. The van der Waals surface area contributed by atoms with Gasteiger partial charge in [0.1, 0.15) is 12.4 Å². The number of hydrogen-bond acceptors (Lipinski definition) is 4. The van der Waals surface area contributed by atoms with Gasteiger partial charge >= 0.3 is 6.09 Å². The van der Waals surface area contributed by atoms with E-state index in [1.165, 1.54) is 0 Å². The van der Waals surface area contributed by atoms with Crippen molar-refractivity contribution >= 4 is 6.09 Å². The van der Waals surface area contributed by atoms with Crippen LogP contribution in [0, 0.1) is 0 Å². The van der Waals surface area contributed by atoms with Crippen LogP contribution in [0.4, 0.5) is 4.79 Å². The Morgan fingerprint density at radius 1 is 1.53 bits per heavy atom. The summed E-state index contributed by atoms with van der Waals surface area (Å²) in [5, 5.41) is 11.9. The Labute approximate surface area is 99.3 Å². The Morgan fingerprint density at radius 2 is 2.24 bits per heavy atom. The topological polar surface area (TPSA) is 67.8 Å². The summed E-state index contributed by atoms with van der Waals surface area (Å²) >= 11 is 0. The molecule has 1 aliphatic heterocycles. The van der Waals surface area contributed by atoms with E-state index in [0.29, 0.717) is 18.9 Å². The van der Waals surface area contributed by atoms with Crippen LogP contribution in [0.15, 0.2) is 24.3 Å². The highest BCUT2D eigenvalue weighted by atomic mass is 16.6. The number of amides is 1. The van der Waals surface area contributed by atoms with Crippen LogP contribution in [0.5, 0.6) is 5.75 Å². The molecule has 0 bridgehead atoms. The van der Waals surface area contributed by atoms with Crippen molar-refractivity contribution in [2.45, 2.75) is 19.1 Å². The van der Waals surface area contributed by atoms with Gasteiger partial charge < -0.3 is 19.9 Å². The summed E-state index contributed by atoms with van der Waals surface area (Å²) in [6, 6.07) is 7.18. The number of aliphatic hydroxyl groups excluding tert-OH is 1. The zero-order valence-corrected chi connectivity index (χ0v) is 9.55. The van der Waals surface area contributed by atoms with Crippen LogP contribution in [-0.4, -0.2) is 30.5 Å². The maximum absolute atomic E-state index is 10.8. The Morgan fingerprint density at radius 3 is 2.76 bits per heavy atom. The van der Waals surface area contributed by atoms with E-state index in [9.17, 15) is 9.90 Å². The van der Waals surface area contributed by atoms with Crippen LogP contribution in [0.2, 0.25) is 0 Å². The highest BCUT2D eigenvalue weighted by Crippen LogP contribution is 2.17. The van der Waals surface area contributed by atoms with E-state index in [0.717, 1.165) is 5.56 Å². The summed E-state index contributed by atoms with van der Waals surface area (Å²) in [6.45, 7) is 2.51. The summed E-state index contributed by atoms with van der Waals surface area (Å²) in [6.07, 6.45) is -1.12. The van der Waals surface area contributed by atoms with Gasteiger partial charge in [0.15, 0.2) is 6.10 Å². The van der Waals surface area contributed by atoms with E-state index in [1.54, 1.807) is 31.2 Å². The molecule has 0 saturated carbocycles. The van der Waals surface area contributed by atoms with Crippen LogP contribution in [0.3, 0.4) is 0 Å². The molecule has 0 aliphatic carbocycles. The standard InChI is InChI=1S/C12H15NO4/c1-8(14)9-2-4-10(5-3-9)16-7-11-6-13-12(15)17-11/h2-5,8,11,14H,6-7H2,1H3,(H,13,15)/t8-,11?/m1/s1. The zero-order chi connectivity index (χ0) is 12.3. The van der Waals surface area contributed by atoms with Crippen molar-refractivity contribution in [2.24, 2.45) is 0 Å². The first-order valence-electron chi connectivity index (χ1n) is 5.50. The lowest BCUT2D eigenvalue weighted by atomic mass is 10.1. The molecule has 92 valence electrons. The normalized spacial score (nSPS) is 20.6. The summed E-state index contributed by atoms with van der Waals surface area (Å²) in [5.74, 6) is 0.692. The molecule has 0 radical (unpaired) electrons. The minimum atomic E-state index is -0.482. The fourth-order valence-electron chi connectivity index (χ4n) is 1.56. The third-order valence-corrected chi connectivity index (χ3v) is 2.55. The van der Waals surface area contributed by atoms with Gasteiger partial charge in [-0.2, -0.15) is 0 Å². The zero-order valence-electron chi connectivity index (χ0n) is 9.55. The number of cyclic esters (lactones) is 1. The molecule has 1 aliphatic rings. The second kappa shape index (κ2) is 5.05. The second-order valence-electron chi connectivity index (χ2n) is 3.96. The number of benzene rings is 1. The first-order valence-corrected chi connectivity index (χ1v) is 5.50. The van der Waals surface area contributed by atoms with E-state index in [2.05, 4.69) is 5.32 Å². The molecular weight excluding hydrogens is 222 g/mol. The van der Waals surface area contributed by atoms with Gasteiger partial charge in [0.05, 0.1) is 12.6 Å². The maximum Gasteiger partial charge on any atom is 0.407 e. The predicted octanol–water partition coefficient (Wildman–Crippen LogP) is 1.23. The Bertz CT molecular complexity index is 388. The molecule has 1 saturated heterocycles. The minimum Gasteiger partial charge on any atom is -0.490 e. The first kappa shape index (κ1) is 11.7. The predicted molar refractivity (Wildman–Crippen MR) is 60.8 cm³/mol. The van der Waals surface area contributed by atoms with Crippen LogP contribution in [0.1, 0.15) is 18.6 Å². The van der Waals surface area contributed by atoms with Crippen LogP contribution < -0.4 is 10.1 Å². The lowest BCUT2D eigenvalue weighted by molar-refractivity contribution is 0.105. The molecule has 5 heteroatoms. The molecular formula is C12H15NO4. The van der Waals surface area contributed by atoms with Gasteiger partial charge in [-0.25, -0.2) is 4.79 Å². The van der Waals surface area contributed by atoms with E-state index < -0.39 is 12.2 Å². The monoisotopic (exact) mass is 237 g/mol. The smallest absolute Gasteiger partial charge is 0.407 e. The van der Waals surface area contributed by atoms with Crippen molar-refractivity contribution in [1.82, 2.24) is 5.32 Å². The summed E-state index contributed by atoms with van der Waals surface area (Å²) < 4.78 is 10.4. The number of carbonyl (C=O) groups is 1. The third-order valence-electron chi connectivity index (χ3n) is 2.55. The number of ether oxygens (including phenoxy) is 2. The average molecular weight is 237 g/mol. The minimum absolute atomic E-state index is 0.237. The molecule has 1 aromatic rings. The van der Waals surface area contributed by atoms with Gasteiger partial charge in [-0.05, 0) is 24.6 Å². The number of nitrogens with one attached hydrogen (secondary N) is 1. The van der Waals surface area contributed by atoms with Gasteiger partial charge in [0, 0.05) is 0 Å². The Kier molecular flexibility index (Phi) is 3.49. The summed E-state index contributed by atoms with van der Waals surface area (Å²) in [4.78, 5) is 10.8. The first-order chi connectivity index (χ1) is 8.15. The van der Waals surface area contributed by atoms with Gasteiger partial charge in [0.25, 0.3) is 0 Å². The second-order valence-corrected chi connectivity index (χ2v) is 3.96. The molecule has 1 unspecified atom stereocenters. The van der Waals surface area contributed by atoms with Gasteiger partial charge in [-0.15, -0.1) is 0 Å². The molecule has 2 atom stereocenters. The molecule has 2 rings (SSSR count). The largest absolute Gasteiger partial charge is 0.490 e. The van der Waals surface area contributed by atoms with Crippen molar-refractivity contribution in [2.75, 3.05) is 13.2 Å². The lowest BCUT2D eigenvalue weighted by Gasteiger charge is -2.11. The maximum atomic E-state index is 10.8. The van der Waals surface area contributed by atoms with Crippen LogP contribution in [-0.2, 0) is 4.74 Å². The van der Waals surface area contributed by atoms with Crippen molar-refractivity contribution in [3.8, 4) is 5.75 Å². The van der Waals surface area contributed by atoms with E-state index in [-0.39, 0.29) is 6.10 Å². The molecule has 1 fully saturated rings. The molecule has 17 heavy (non-hydrogen) atoms. The molecule has 0 aromatic heterocycles. The van der Waals surface area contributed by atoms with E-state index in [4.69, 9.17) is 9.47 Å². The number of hydrogen-bond donors (Lipinski definition) is 2. The molecule has 1 aromatic carbocycles. The van der Waals surface area contributed by atoms with E-state index >= 15 is 0 Å². The molecule has 1 amide bonds. The lowest BCUT2D eigenvalue weighted by Crippen LogP contribution is -2.21. The van der Waals surface area contributed by atoms with Gasteiger partial charge in [-0.3, -0.25) is 0 Å². The number of rotatable bonds is 4. The quantitative estimate of drug-likeness (QED) is 0.826. The van der Waals surface area contributed by atoms with Crippen molar-refractivity contribution in [3.05, 3.63) is 29.8 Å². The Balaban J connectivity index is 1.85. The SMILES string of the molecule is C[C@@H](O)c1ccc(OCC2CNC(=O)O2)cc1. The molecule has 0 spiro atoms. The van der Waals surface area contributed by atoms with Crippen molar-refractivity contribution in [1.29, 1.82) is 0 Å². The highest BCUT2D eigenvalue weighted by molar-refractivity contribution is 5.69. The number of aliphatic hydroxyl groups is 1. The van der Waals surface area contributed by atoms with Gasteiger partial charge in [-0.1, -0.05) is 12.1 Å². The van der Waals surface area contributed by atoms with Crippen molar-refractivity contribution in [3.63, 3.8) is 0 Å². The highest BCUT2D eigenvalue weighted by Gasteiger charge is 2.22. The molecule has 1 heterocycles. The van der Waals surface area contributed by atoms with Crippen molar-refractivity contribution < 1.29 is 19.4 Å².